The maximum Gasteiger partial charge on any atom is 0.417 e. The van der Waals surface area contributed by atoms with Crippen molar-refractivity contribution in [3.05, 3.63) is 77.4 Å². The average Bonchev–Trinajstić information content (AvgIpc) is 2.80. The van der Waals surface area contributed by atoms with Crippen LogP contribution in [0.15, 0.2) is 60.1 Å². The lowest BCUT2D eigenvalue weighted by molar-refractivity contribution is -0.137. The molecule has 0 saturated carbocycles. The molecule has 2 N–H and O–H groups in total. The molecule has 1 amide bonds. The molecule has 0 atom stereocenters. The molecule has 13 heteroatoms. The first-order valence-corrected chi connectivity index (χ1v) is 12.2. The van der Waals surface area contributed by atoms with Crippen molar-refractivity contribution < 1.29 is 26.4 Å². The molecule has 36 heavy (non-hydrogen) atoms. The van der Waals surface area contributed by atoms with Crippen LogP contribution in [0, 0.1) is 6.92 Å². The number of hydrogen-bond acceptors (Lipinski definition) is 8. The summed E-state index contributed by atoms with van der Waals surface area (Å²) in [7, 11) is -3.91. The minimum Gasteiger partial charge on any atom is -0.382 e. The molecule has 0 saturated heterocycles. The summed E-state index contributed by atoms with van der Waals surface area (Å²) in [5.74, 6) is -0.727. The molecule has 1 aromatic carbocycles. The first-order valence-electron chi connectivity index (χ1n) is 10.3. The average molecular weight is 517 g/mol. The van der Waals surface area contributed by atoms with E-state index in [1.54, 1.807) is 25.1 Å². The first kappa shape index (κ1) is 25.0. The van der Waals surface area contributed by atoms with Crippen molar-refractivity contribution in [1.29, 1.82) is 0 Å². The number of fused-ring (bicyclic) bond motifs is 1. The smallest absolute Gasteiger partial charge is 0.382 e. The number of nitrogens with two attached hydrogens (primary N) is 1. The number of aryl methyl sites for hydroxylation is 1. The number of carbonyl (C=O) groups is 1. The molecule has 4 aromatic rings. The summed E-state index contributed by atoms with van der Waals surface area (Å²) >= 11 is 0. The van der Waals surface area contributed by atoms with Crippen molar-refractivity contribution in [3.8, 4) is 0 Å². The second kappa shape index (κ2) is 9.15. The lowest BCUT2D eigenvalue weighted by Crippen LogP contribution is -2.32. The molecule has 3 aromatic heterocycles. The van der Waals surface area contributed by atoms with Crippen LogP contribution in [0.1, 0.15) is 27.0 Å². The Balaban J connectivity index is 1.88. The zero-order valence-electron chi connectivity index (χ0n) is 19.0. The number of halogens is 3. The van der Waals surface area contributed by atoms with Gasteiger partial charge in [-0.3, -0.25) is 14.8 Å². The summed E-state index contributed by atoms with van der Waals surface area (Å²) in [5, 5.41) is -0.397. The second-order valence-corrected chi connectivity index (χ2v) is 10.0. The van der Waals surface area contributed by atoms with Gasteiger partial charge in [-0.1, -0.05) is 6.07 Å². The van der Waals surface area contributed by atoms with Gasteiger partial charge in [0.2, 0.25) is 0 Å². The molecule has 0 fully saturated rings. The number of benzene rings is 1. The van der Waals surface area contributed by atoms with E-state index < -0.39 is 32.5 Å². The number of pyridine rings is 2. The standard InChI is InChI=1S/C23H19F3N6O3S/c1-13-5-19(21(30-8-13)36(2,34)35)32(22(33)15-7-16(10-28-9-15)23(24,25)26)12-14-3-4-17-18(6-14)31-20(27)11-29-17/h3-11H,12H2,1-2H3,(H2,27,31). The van der Waals surface area contributed by atoms with Crippen LogP contribution in [0.5, 0.6) is 0 Å². The number of sulfone groups is 1. The zero-order chi connectivity index (χ0) is 26.3. The Morgan fingerprint density at radius 2 is 1.78 bits per heavy atom. The van der Waals surface area contributed by atoms with Crippen molar-refractivity contribution in [1.82, 2.24) is 19.9 Å². The molecular formula is C23H19F3N6O3S. The molecule has 0 unspecified atom stereocenters. The van der Waals surface area contributed by atoms with Gasteiger partial charge in [-0.05, 0) is 42.3 Å². The summed E-state index contributed by atoms with van der Waals surface area (Å²) in [6.45, 7) is 1.43. The Hall–Kier alpha value is -4.13. The van der Waals surface area contributed by atoms with Gasteiger partial charge >= 0.3 is 6.18 Å². The van der Waals surface area contributed by atoms with Crippen LogP contribution in [-0.2, 0) is 22.6 Å². The molecule has 0 spiro atoms. The zero-order valence-corrected chi connectivity index (χ0v) is 19.8. The van der Waals surface area contributed by atoms with Crippen LogP contribution in [-0.4, -0.2) is 40.5 Å². The maximum absolute atomic E-state index is 13.6. The second-order valence-electron chi connectivity index (χ2n) is 8.08. The topological polar surface area (TPSA) is 132 Å². The van der Waals surface area contributed by atoms with Gasteiger partial charge < -0.3 is 10.6 Å². The fourth-order valence-electron chi connectivity index (χ4n) is 3.51. The van der Waals surface area contributed by atoms with Gasteiger partial charge in [0.05, 0.1) is 40.6 Å². The van der Waals surface area contributed by atoms with Gasteiger partial charge in [-0.2, -0.15) is 13.2 Å². The predicted octanol–water partition coefficient (Wildman–Crippen LogP) is 3.58. The van der Waals surface area contributed by atoms with E-state index in [9.17, 15) is 26.4 Å². The third kappa shape index (κ3) is 5.25. The molecule has 0 aliphatic heterocycles. The van der Waals surface area contributed by atoms with Gasteiger partial charge in [-0.25, -0.2) is 18.4 Å². The SMILES string of the molecule is Cc1cnc(S(C)(=O)=O)c(N(Cc2ccc3ncc(N)nc3c2)C(=O)c2cncc(C(F)(F)F)c2)c1. The highest BCUT2D eigenvalue weighted by Crippen LogP contribution is 2.31. The minimum absolute atomic E-state index is 0.0846. The minimum atomic E-state index is -4.73. The number of anilines is 2. The Labute approximate surface area is 203 Å². The van der Waals surface area contributed by atoms with E-state index in [2.05, 4.69) is 19.9 Å². The molecular weight excluding hydrogens is 497 g/mol. The lowest BCUT2D eigenvalue weighted by Gasteiger charge is -2.25. The summed E-state index contributed by atoms with van der Waals surface area (Å²) < 4.78 is 64.8. The van der Waals surface area contributed by atoms with Crippen molar-refractivity contribution in [3.63, 3.8) is 0 Å². The Morgan fingerprint density at radius 1 is 1.03 bits per heavy atom. The number of aromatic nitrogens is 4. The van der Waals surface area contributed by atoms with E-state index in [1.807, 2.05) is 0 Å². The first-order chi connectivity index (χ1) is 16.8. The fourth-order valence-corrected chi connectivity index (χ4v) is 4.30. The molecule has 186 valence electrons. The van der Waals surface area contributed by atoms with Crippen molar-refractivity contribution in [2.45, 2.75) is 24.7 Å². The van der Waals surface area contributed by atoms with E-state index in [4.69, 9.17) is 5.73 Å². The van der Waals surface area contributed by atoms with Crippen molar-refractivity contribution in [2.24, 2.45) is 0 Å². The highest BCUT2D eigenvalue weighted by Gasteiger charge is 2.33. The lowest BCUT2D eigenvalue weighted by atomic mass is 10.1. The maximum atomic E-state index is 13.6. The van der Waals surface area contributed by atoms with E-state index in [1.165, 1.54) is 18.5 Å². The predicted molar refractivity (Wildman–Crippen MR) is 126 cm³/mol. The number of rotatable bonds is 5. The monoisotopic (exact) mass is 516 g/mol. The Bertz CT molecular complexity index is 1590. The van der Waals surface area contributed by atoms with Crippen LogP contribution in [0.4, 0.5) is 24.7 Å². The fraction of sp³-hybridized carbons (Fsp3) is 0.174. The highest BCUT2D eigenvalue weighted by molar-refractivity contribution is 7.90. The van der Waals surface area contributed by atoms with E-state index >= 15 is 0 Å². The molecule has 9 nitrogen and oxygen atoms in total. The molecule has 0 bridgehead atoms. The molecule has 4 rings (SSSR count). The third-order valence-corrected chi connectivity index (χ3v) is 6.15. The number of hydrogen-bond donors (Lipinski definition) is 1. The number of carbonyl (C=O) groups excluding carboxylic acids is 1. The van der Waals surface area contributed by atoms with E-state index in [0.29, 0.717) is 34.4 Å². The highest BCUT2D eigenvalue weighted by atomic mass is 32.2. The number of alkyl halides is 3. The van der Waals surface area contributed by atoms with Gasteiger partial charge in [-0.15, -0.1) is 0 Å². The summed E-state index contributed by atoms with van der Waals surface area (Å²) in [6.07, 6.45) is 0.493. The number of nitrogens with zero attached hydrogens (tertiary/aromatic N) is 5. The largest absolute Gasteiger partial charge is 0.417 e. The molecule has 0 aliphatic carbocycles. The van der Waals surface area contributed by atoms with E-state index in [-0.39, 0.29) is 23.6 Å². The number of nitrogen functional groups attached to an aromatic ring is 1. The summed E-state index contributed by atoms with van der Waals surface area (Å²) in [5.41, 5.74) is 6.12. The Kier molecular flexibility index (Phi) is 6.35. The van der Waals surface area contributed by atoms with Crippen molar-refractivity contribution >= 4 is 38.3 Å². The van der Waals surface area contributed by atoms with Gasteiger partial charge in [0.1, 0.15) is 5.82 Å². The summed E-state index contributed by atoms with van der Waals surface area (Å²) in [4.78, 5) is 30.5. The van der Waals surface area contributed by atoms with Crippen LogP contribution in [0.3, 0.4) is 0 Å². The molecule has 0 aliphatic rings. The van der Waals surface area contributed by atoms with Crippen LogP contribution < -0.4 is 10.6 Å². The van der Waals surface area contributed by atoms with Gasteiger partial charge in [0.15, 0.2) is 14.9 Å². The van der Waals surface area contributed by atoms with Gasteiger partial charge in [0, 0.05) is 24.8 Å². The van der Waals surface area contributed by atoms with Crippen LogP contribution >= 0.6 is 0 Å². The van der Waals surface area contributed by atoms with Gasteiger partial charge in [0.25, 0.3) is 5.91 Å². The number of amides is 1. The van der Waals surface area contributed by atoms with Crippen LogP contribution in [0.2, 0.25) is 0 Å². The van der Waals surface area contributed by atoms with E-state index in [0.717, 1.165) is 17.4 Å². The normalized spacial score (nSPS) is 12.0. The third-order valence-electron chi connectivity index (χ3n) is 5.13. The Morgan fingerprint density at radius 3 is 2.47 bits per heavy atom. The quantitative estimate of drug-likeness (QED) is 0.426. The summed E-state index contributed by atoms with van der Waals surface area (Å²) in [6, 6.07) is 6.98. The van der Waals surface area contributed by atoms with Crippen LogP contribution in [0.25, 0.3) is 11.0 Å². The van der Waals surface area contributed by atoms with Crippen molar-refractivity contribution in [2.75, 3.05) is 16.9 Å². The molecule has 0 radical (unpaired) electrons. The molecule has 3 heterocycles.